The van der Waals surface area contributed by atoms with Gasteiger partial charge in [-0.05, 0) is 32.9 Å². The molecule has 1 aromatic carbocycles. The first-order valence-corrected chi connectivity index (χ1v) is 12.4. The predicted molar refractivity (Wildman–Crippen MR) is 110 cm³/mol. The quantitative estimate of drug-likeness (QED) is 0.376. The molecule has 1 aliphatic rings. The minimum atomic E-state index is -2.70. The van der Waals surface area contributed by atoms with Gasteiger partial charge in [-0.25, -0.2) is 0 Å². The fourth-order valence-corrected chi connectivity index (χ4v) is 7.09. The van der Waals surface area contributed by atoms with Crippen LogP contribution < -0.4 is 0 Å². The molecule has 0 fully saturated rings. The average Bonchev–Trinajstić information content (AvgIpc) is 2.66. The fourth-order valence-electron chi connectivity index (χ4n) is 2.92. The fraction of sp³-hybridized carbons (Fsp3) is 0.474. The van der Waals surface area contributed by atoms with E-state index < -0.39 is 8.80 Å². The zero-order chi connectivity index (χ0) is 19.9. The normalized spacial score (nSPS) is 14.7. The third-order valence-electron chi connectivity index (χ3n) is 3.99. The third kappa shape index (κ3) is 5.31. The van der Waals surface area contributed by atoms with Crippen molar-refractivity contribution in [2.45, 2.75) is 33.2 Å². The van der Waals surface area contributed by atoms with Gasteiger partial charge in [-0.1, -0.05) is 35.9 Å². The van der Waals surface area contributed by atoms with Gasteiger partial charge in [0.2, 0.25) is 11.6 Å². The van der Waals surface area contributed by atoms with Crippen LogP contribution in [0.4, 0.5) is 0 Å². The summed E-state index contributed by atoms with van der Waals surface area (Å²) in [7, 11) is -2.70. The van der Waals surface area contributed by atoms with Crippen molar-refractivity contribution in [2.75, 3.05) is 25.6 Å². The molecule has 0 radical (unpaired) electrons. The monoisotopic (exact) mass is 428 g/mol. The van der Waals surface area contributed by atoms with Gasteiger partial charge in [0.15, 0.2) is 0 Å². The second-order valence-electron chi connectivity index (χ2n) is 5.78. The van der Waals surface area contributed by atoms with Crippen molar-refractivity contribution in [3.05, 3.63) is 45.3 Å². The Balaban J connectivity index is 2.02. The minimum absolute atomic E-state index is 0.00614. The van der Waals surface area contributed by atoms with Crippen molar-refractivity contribution in [3.8, 4) is 0 Å². The van der Waals surface area contributed by atoms with Crippen molar-refractivity contribution < 1.29 is 22.9 Å². The van der Waals surface area contributed by atoms with Crippen LogP contribution in [-0.2, 0) is 13.3 Å². The lowest BCUT2D eigenvalue weighted by Gasteiger charge is -2.28. The molecule has 27 heavy (non-hydrogen) atoms. The van der Waals surface area contributed by atoms with E-state index in [9.17, 15) is 9.59 Å². The van der Waals surface area contributed by atoms with E-state index in [0.29, 0.717) is 47.6 Å². The van der Waals surface area contributed by atoms with Crippen molar-refractivity contribution in [1.29, 1.82) is 0 Å². The van der Waals surface area contributed by atoms with Gasteiger partial charge in [0.1, 0.15) is 5.03 Å². The van der Waals surface area contributed by atoms with E-state index in [0.717, 1.165) is 6.42 Å². The second-order valence-corrected chi connectivity index (χ2v) is 10.00. The molecule has 0 aliphatic heterocycles. The number of hydrogen-bond donors (Lipinski definition) is 0. The molecule has 0 saturated heterocycles. The molecule has 0 spiro atoms. The number of benzene rings is 1. The largest absolute Gasteiger partial charge is 0.500 e. The number of Topliss-reactive ketones (excluding diaryl/α,β-unsaturated/α-hetero) is 2. The Morgan fingerprint density at radius 2 is 1.44 bits per heavy atom. The topological polar surface area (TPSA) is 61.8 Å². The maximum Gasteiger partial charge on any atom is 0.500 e. The highest BCUT2D eigenvalue weighted by Gasteiger charge is 2.40. The van der Waals surface area contributed by atoms with E-state index in [4.69, 9.17) is 24.9 Å². The zero-order valence-electron chi connectivity index (χ0n) is 15.9. The molecular formula is C19H25ClO5SSi. The summed E-state index contributed by atoms with van der Waals surface area (Å²) in [5.74, 6) is 0.133. The molecule has 148 valence electrons. The van der Waals surface area contributed by atoms with Gasteiger partial charge in [-0.3, -0.25) is 9.59 Å². The molecule has 0 amide bonds. The number of hydrogen-bond acceptors (Lipinski definition) is 6. The summed E-state index contributed by atoms with van der Waals surface area (Å²) in [6.07, 6.45) is 0.730. The number of ketones is 2. The SMILES string of the molecule is CCO[Si](CCCSC1=C(Cl)C(=O)c2ccccc2C1=O)(OCC)OCC. The van der Waals surface area contributed by atoms with Crippen molar-refractivity contribution in [3.63, 3.8) is 0 Å². The minimum Gasteiger partial charge on any atom is -0.374 e. The van der Waals surface area contributed by atoms with Gasteiger partial charge in [0, 0.05) is 37.0 Å². The van der Waals surface area contributed by atoms with E-state index in [1.165, 1.54) is 11.8 Å². The first kappa shape index (κ1) is 22.3. The molecule has 0 unspecified atom stereocenters. The highest BCUT2D eigenvalue weighted by Crippen LogP contribution is 2.35. The molecular weight excluding hydrogens is 404 g/mol. The van der Waals surface area contributed by atoms with Crippen molar-refractivity contribution in [1.82, 2.24) is 0 Å². The molecule has 0 bridgehead atoms. The number of carbonyl (C=O) groups is 2. The van der Waals surface area contributed by atoms with Crippen molar-refractivity contribution >= 4 is 43.7 Å². The molecule has 0 N–H and O–H groups in total. The van der Waals surface area contributed by atoms with Gasteiger partial charge >= 0.3 is 8.80 Å². The lowest BCUT2D eigenvalue weighted by Crippen LogP contribution is -2.46. The number of fused-ring (bicyclic) bond motifs is 1. The molecule has 0 heterocycles. The van der Waals surface area contributed by atoms with Crippen LogP contribution in [0.2, 0.25) is 6.04 Å². The Labute approximate surface area is 170 Å². The number of allylic oxidation sites excluding steroid dienone is 2. The lowest BCUT2D eigenvalue weighted by atomic mass is 9.95. The van der Waals surface area contributed by atoms with Gasteiger partial charge in [0.25, 0.3) is 0 Å². The Morgan fingerprint density at radius 1 is 0.926 bits per heavy atom. The Kier molecular flexibility index (Phi) is 8.72. The molecule has 1 aliphatic carbocycles. The Hall–Kier alpha value is -0.963. The first-order chi connectivity index (χ1) is 13.0. The highest BCUT2D eigenvalue weighted by atomic mass is 35.5. The summed E-state index contributed by atoms with van der Waals surface area (Å²) < 4.78 is 17.5. The van der Waals surface area contributed by atoms with Crippen LogP contribution in [0.5, 0.6) is 0 Å². The molecule has 8 heteroatoms. The van der Waals surface area contributed by atoms with E-state index >= 15 is 0 Å². The molecule has 5 nitrogen and oxygen atoms in total. The summed E-state index contributed by atoms with van der Waals surface area (Å²) in [4.78, 5) is 25.4. The Morgan fingerprint density at radius 3 is 1.96 bits per heavy atom. The number of carbonyl (C=O) groups excluding carboxylic acids is 2. The first-order valence-electron chi connectivity index (χ1n) is 9.12. The average molecular weight is 429 g/mol. The lowest BCUT2D eigenvalue weighted by molar-refractivity contribution is 0.0712. The van der Waals surface area contributed by atoms with E-state index in [-0.39, 0.29) is 16.6 Å². The highest BCUT2D eigenvalue weighted by molar-refractivity contribution is 8.04. The Bertz CT molecular complexity index is 705. The molecule has 1 aromatic rings. The van der Waals surface area contributed by atoms with Crippen molar-refractivity contribution in [2.24, 2.45) is 0 Å². The van der Waals surface area contributed by atoms with E-state index in [1.54, 1.807) is 24.3 Å². The summed E-state index contributed by atoms with van der Waals surface area (Å²) in [5.41, 5.74) is 0.781. The van der Waals surface area contributed by atoms with Crippen LogP contribution in [0.15, 0.2) is 34.2 Å². The second kappa shape index (κ2) is 10.5. The molecule has 0 saturated carbocycles. The van der Waals surface area contributed by atoms with E-state index in [2.05, 4.69) is 0 Å². The molecule has 0 atom stereocenters. The summed E-state index contributed by atoms with van der Waals surface area (Å²) >= 11 is 7.51. The summed E-state index contributed by atoms with van der Waals surface area (Å²) in [6.45, 7) is 7.34. The van der Waals surface area contributed by atoms with Crippen LogP contribution >= 0.6 is 23.4 Å². The maximum atomic E-state index is 12.7. The zero-order valence-corrected chi connectivity index (χ0v) is 18.5. The summed E-state index contributed by atoms with van der Waals surface area (Å²) in [6, 6.07) is 7.42. The molecule has 0 aromatic heterocycles. The van der Waals surface area contributed by atoms with Gasteiger partial charge in [-0.2, -0.15) is 0 Å². The predicted octanol–water partition coefficient (Wildman–Crippen LogP) is 4.69. The van der Waals surface area contributed by atoms with Crippen LogP contribution in [0.3, 0.4) is 0 Å². The standard InChI is InChI=1S/C19H25ClO5SSi/c1-4-23-27(24-5-2,25-6-3)13-9-12-26-19-16(20)17(21)14-10-7-8-11-15(14)18(19)22/h7-8,10-11H,4-6,9,12-13H2,1-3H3. The van der Waals surface area contributed by atoms with Crippen LogP contribution in [-0.4, -0.2) is 45.9 Å². The van der Waals surface area contributed by atoms with E-state index in [1.807, 2.05) is 20.8 Å². The number of rotatable bonds is 11. The number of thioether (sulfide) groups is 1. The smallest absolute Gasteiger partial charge is 0.374 e. The maximum absolute atomic E-state index is 12.7. The van der Waals surface area contributed by atoms with Gasteiger partial charge in [0.05, 0.1) is 4.91 Å². The molecule has 2 rings (SSSR count). The third-order valence-corrected chi connectivity index (χ3v) is 8.78. The van der Waals surface area contributed by atoms with Crippen LogP contribution in [0.25, 0.3) is 0 Å². The summed E-state index contributed by atoms with van der Waals surface area (Å²) in [5, 5.41) is 0.00614. The number of halogens is 1. The van der Waals surface area contributed by atoms with Gasteiger partial charge < -0.3 is 13.3 Å². The van der Waals surface area contributed by atoms with Crippen LogP contribution in [0.1, 0.15) is 47.9 Å². The van der Waals surface area contributed by atoms with Gasteiger partial charge in [-0.15, -0.1) is 11.8 Å². The van der Waals surface area contributed by atoms with Crippen LogP contribution in [0, 0.1) is 0 Å².